The van der Waals surface area contributed by atoms with Gasteiger partial charge in [-0.3, -0.25) is 4.79 Å². The Bertz CT molecular complexity index is 690. The van der Waals surface area contributed by atoms with Crippen molar-refractivity contribution in [1.82, 2.24) is 15.1 Å². The number of halogens is 4. The number of likely N-dealkylation sites (N-methyl/N-ethyl adjacent to an activating group) is 1. The van der Waals surface area contributed by atoms with Crippen molar-refractivity contribution in [1.29, 1.82) is 0 Å². The Balaban J connectivity index is 0.00000450. The molecule has 1 N–H and O–H groups in total. The normalized spacial score (nSPS) is 14.9. The first-order chi connectivity index (χ1) is 13.7. The third-order valence-corrected chi connectivity index (χ3v) is 4.59. The molecule has 0 aromatic heterocycles. The van der Waals surface area contributed by atoms with E-state index in [1.807, 2.05) is 9.80 Å². The molecular formula is C19H29F3IN5O2. The predicted octanol–water partition coefficient (Wildman–Crippen LogP) is 2.13. The fourth-order valence-corrected chi connectivity index (χ4v) is 2.85. The monoisotopic (exact) mass is 543 g/mol. The lowest BCUT2D eigenvalue weighted by molar-refractivity contribution is -0.137. The molecule has 0 atom stereocenters. The summed E-state index contributed by atoms with van der Waals surface area (Å²) in [5.41, 5.74) is 0.105. The first-order valence-corrected chi connectivity index (χ1v) is 9.37. The van der Waals surface area contributed by atoms with Crippen molar-refractivity contribution >= 4 is 41.5 Å². The average molecular weight is 543 g/mol. The molecule has 30 heavy (non-hydrogen) atoms. The summed E-state index contributed by atoms with van der Waals surface area (Å²) >= 11 is 0. The molecule has 7 nitrogen and oxygen atoms in total. The molecule has 11 heteroatoms. The van der Waals surface area contributed by atoms with E-state index in [0.717, 1.165) is 17.8 Å². The number of anilines is 1. The van der Waals surface area contributed by atoms with Crippen LogP contribution < -0.4 is 10.2 Å². The maximum atomic E-state index is 12.7. The Morgan fingerprint density at radius 3 is 2.27 bits per heavy atom. The van der Waals surface area contributed by atoms with Crippen LogP contribution in [-0.4, -0.2) is 88.7 Å². The summed E-state index contributed by atoms with van der Waals surface area (Å²) in [5, 5.41) is 3.20. The molecule has 0 unspecified atom stereocenters. The summed E-state index contributed by atoms with van der Waals surface area (Å²) in [5.74, 6) is 0.531. The number of piperazine rings is 1. The highest BCUT2D eigenvalue weighted by Crippen LogP contribution is 2.30. The number of methoxy groups -OCH3 is 1. The number of carbonyl (C=O) groups is 1. The largest absolute Gasteiger partial charge is 0.416 e. The van der Waals surface area contributed by atoms with Crippen molar-refractivity contribution in [3.8, 4) is 0 Å². The van der Waals surface area contributed by atoms with E-state index in [4.69, 9.17) is 4.74 Å². The smallest absolute Gasteiger partial charge is 0.383 e. The number of amides is 1. The molecule has 1 aliphatic rings. The molecule has 0 bridgehead atoms. The van der Waals surface area contributed by atoms with Crippen LogP contribution in [0.25, 0.3) is 0 Å². The van der Waals surface area contributed by atoms with Crippen LogP contribution in [0.4, 0.5) is 18.9 Å². The third kappa shape index (κ3) is 7.82. The van der Waals surface area contributed by atoms with Gasteiger partial charge in [-0.15, -0.1) is 24.0 Å². The number of nitrogens with one attached hydrogen (secondary N) is 1. The van der Waals surface area contributed by atoms with Gasteiger partial charge in [0.1, 0.15) is 6.54 Å². The Hall–Kier alpha value is -1.76. The number of hydrogen-bond acceptors (Lipinski definition) is 4. The number of rotatable bonds is 6. The number of ether oxygens (including phenoxy) is 1. The molecule has 170 valence electrons. The molecule has 0 saturated carbocycles. The first-order valence-electron chi connectivity index (χ1n) is 9.37. The minimum atomic E-state index is -4.33. The molecular weight excluding hydrogens is 514 g/mol. The topological polar surface area (TPSA) is 60.4 Å². The van der Waals surface area contributed by atoms with E-state index >= 15 is 0 Å². The van der Waals surface area contributed by atoms with E-state index < -0.39 is 11.7 Å². The van der Waals surface area contributed by atoms with Crippen LogP contribution in [0.5, 0.6) is 0 Å². The molecule has 2 rings (SSSR count). The number of carbonyl (C=O) groups excluding carboxylic acids is 1. The number of aliphatic imine (C=N–C) groups is 1. The number of guanidine groups is 1. The highest BCUT2D eigenvalue weighted by atomic mass is 127. The molecule has 0 radical (unpaired) electrons. The van der Waals surface area contributed by atoms with Gasteiger partial charge in [-0.1, -0.05) is 0 Å². The summed E-state index contributed by atoms with van der Waals surface area (Å²) in [7, 11) is 4.97. The summed E-state index contributed by atoms with van der Waals surface area (Å²) in [6.07, 6.45) is -4.33. The van der Waals surface area contributed by atoms with Crippen LogP contribution >= 0.6 is 24.0 Å². The van der Waals surface area contributed by atoms with Gasteiger partial charge in [-0.25, -0.2) is 4.99 Å². The van der Waals surface area contributed by atoms with E-state index in [1.54, 1.807) is 21.2 Å². The van der Waals surface area contributed by atoms with Gasteiger partial charge >= 0.3 is 6.18 Å². The predicted molar refractivity (Wildman–Crippen MR) is 122 cm³/mol. The van der Waals surface area contributed by atoms with Gasteiger partial charge in [-0.2, -0.15) is 13.2 Å². The minimum Gasteiger partial charge on any atom is -0.383 e. The van der Waals surface area contributed by atoms with Crippen molar-refractivity contribution in [2.75, 3.05) is 72.0 Å². The van der Waals surface area contributed by atoms with E-state index in [2.05, 4.69) is 10.3 Å². The molecule has 0 spiro atoms. The van der Waals surface area contributed by atoms with Crippen LogP contribution in [0.3, 0.4) is 0 Å². The van der Waals surface area contributed by atoms with Gasteiger partial charge in [0, 0.05) is 59.6 Å². The third-order valence-electron chi connectivity index (χ3n) is 4.59. The van der Waals surface area contributed by atoms with Gasteiger partial charge in [-0.05, 0) is 24.3 Å². The second-order valence-corrected chi connectivity index (χ2v) is 6.87. The van der Waals surface area contributed by atoms with Gasteiger partial charge in [0.25, 0.3) is 0 Å². The van der Waals surface area contributed by atoms with E-state index in [-0.39, 0.29) is 36.4 Å². The lowest BCUT2D eigenvalue weighted by Gasteiger charge is -2.38. The van der Waals surface area contributed by atoms with Crippen molar-refractivity contribution in [3.63, 3.8) is 0 Å². The molecule has 1 heterocycles. The van der Waals surface area contributed by atoms with Gasteiger partial charge in [0.2, 0.25) is 5.91 Å². The number of alkyl halides is 3. The Morgan fingerprint density at radius 2 is 1.77 bits per heavy atom. The maximum Gasteiger partial charge on any atom is 0.416 e. The van der Waals surface area contributed by atoms with Crippen molar-refractivity contribution in [2.45, 2.75) is 6.18 Å². The lowest BCUT2D eigenvalue weighted by Crippen LogP contribution is -2.53. The van der Waals surface area contributed by atoms with E-state index in [0.29, 0.717) is 45.3 Å². The van der Waals surface area contributed by atoms with Crippen LogP contribution in [-0.2, 0) is 15.7 Å². The second kappa shape index (κ2) is 12.2. The standard InChI is InChI=1S/C19H28F3N5O2.HI/c1-25(2)17(28)14-24-18(23-8-13-29-3)27-11-9-26(10-12-27)16-6-4-15(5-7-16)19(20,21)22;/h4-7H,8-14H2,1-3H3,(H,23,24);1H. The Kier molecular flexibility index (Phi) is 10.7. The zero-order valence-electron chi connectivity index (χ0n) is 17.4. The summed E-state index contributed by atoms with van der Waals surface area (Å²) in [6, 6.07) is 5.21. The quantitative estimate of drug-likeness (QED) is 0.258. The van der Waals surface area contributed by atoms with Gasteiger partial charge in [0.05, 0.1) is 12.2 Å². The Labute approximate surface area is 192 Å². The average Bonchev–Trinajstić information content (AvgIpc) is 2.70. The van der Waals surface area contributed by atoms with E-state index in [1.165, 1.54) is 17.0 Å². The minimum absolute atomic E-state index is 0. The fourth-order valence-electron chi connectivity index (χ4n) is 2.85. The van der Waals surface area contributed by atoms with E-state index in [9.17, 15) is 18.0 Å². The molecule has 1 saturated heterocycles. The van der Waals surface area contributed by atoms with Crippen molar-refractivity contribution < 1.29 is 22.7 Å². The molecule has 1 aromatic rings. The van der Waals surface area contributed by atoms with Crippen LogP contribution in [0, 0.1) is 0 Å². The van der Waals surface area contributed by atoms with Gasteiger partial charge in [0.15, 0.2) is 5.96 Å². The van der Waals surface area contributed by atoms with Crippen LogP contribution in [0.15, 0.2) is 29.3 Å². The summed E-state index contributed by atoms with van der Waals surface area (Å²) in [6.45, 7) is 3.65. The highest BCUT2D eigenvalue weighted by molar-refractivity contribution is 14.0. The SMILES string of the molecule is COCCNC(=NCC(=O)N(C)C)N1CCN(c2ccc(C(F)(F)F)cc2)CC1.I. The first kappa shape index (κ1) is 26.3. The highest BCUT2D eigenvalue weighted by Gasteiger charge is 2.30. The number of nitrogens with zero attached hydrogens (tertiary/aromatic N) is 4. The van der Waals surface area contributed by atoms with Crippen molar-refractivity contribution in [3.05, 3.63) is 29.8 Å². The Morgan fingerprint density at radius 1 is 1.17 bits per heavy atom. The maximum absolute atomic E-state index is 12.7. The molecule has 1 aromatic carbocycles. The van der Waals surface area contributed by atoms with Crippen LogP contribution in [0.2, 0.25) is 0 Å². The molecule has 1 fully saturated rings. The lowest BCUT2D eigenvalue weighted by atomic mass is 10.1. The molecule has 1 amide bonds. The molecule has 0 aliphatic carbocycles. The van der Waals surface area contributed by atoms with Crippen LogP contribution in [0.1, 0.15) is 5.56 Å². The number of hydrogen-bond donors (Lipinski definition) is 1. The van der Waals surface area contributed by atoms with Gasteiger partial charge < -0.3 is 24.8 Å². The van der Waals surface area contributed by atoms with Crippen molar-refractivity contribution in [2.24, 2.45) is 4.99 Å². The second-order valence-electron chi connectivity index (χ2n) is 6.87. The molecule has 1 aliphatic heterocycles. The summed E-state index contributed by atoms with van der Waals surface area (Å²) < 4.78 is 43.2. The number of benzene rings is 1. The zero-order chi connectivity index (χ0) is 21.4. The zero-order valence-corrected chi connectivity index (χ0v) is 19.7. The summed E-state index contributed by atoms with van der Waals surface area (Å²) in [4.78, 5) is 21.8. The fraction of sp³-hybridized carbons (Fsp3) is 0.579.